The molecular weight excluding hydrogens is 358 g/mol. The third kappa shape index (κ3) is 3.71. The number of hydrogen-bond acceptors (Lipinski definition) is 5. The fourth-order valence-electron chi connectivity index (χ4n) is 3.21. The molecule has 1 aromatic heterocycles. The number of nitro benzene ring substituents is 1. The summed E-state index contributed by atoms with van der Waals surface area (Å²) in [6.07, 6.45) is 4.09. The summed E-state index contributed by atoms with van der Waals surface area (Å²) >= 11 is 0. The quantitative estimate of drug-likeness (QED) is 0.648. The second kappa shape index (κ2) is 8.29. The fraction of sp³-hybridized carbons (Fsp3) is 0.412. The zero-order valence-electron chi connectivity index (χ0n) is 14.7. The van der Waals surface area contributed by atoms with Crippen LogP contribution in [-0.2, 0) is 13.5 Å². The van der Waals surface area contributed by atoms with Crippen LogP contribution in [0.15, 0.2) is 30.6 Å². The first-order valence-electron chi connectivity index (χ1n) is 8.29. The van der Waals surface area contributed by atoms with Gasteiger partial charge in [-0.25, -0.2) is 4.98 Å². The molecule has 1 aromatic carbocycles. The summed E-state index contributed by atoms with van der Waals surface area (Å²) in [5.74, 6) is 0.584. The zero-order chi connectivity index (χ0) is 18.0. The zero-order valence-corrected chi connectivity index (χ0v) is 15.5. The number of rotatable bonds is 4. The monoisotopic (exact) mass is 379 g/mol. The van der Waals surface area contributed by atoms with E-state index in [0.717, 1.165) is 5.82 Å². The summed E-state index contributed by atoms with van der Waals surface area (Å²) in [5, 5.41) is 14.6. The lowest BCUT2D eigenvalue weighted by Gasteiger charge is -2.35. The van der Waals surface area contributed by atoms with Crippen LogP contribution in [0.3, 0.4) is 0 Å². The van der Waals surface area contributed by atoms with Crippen molar-refractivity contribution in [3.05, 3.63) is 57.7 Å². The van der Waals surface area contributed by atoms with Crippen LogP contribution >= 0.6 is 12.4 Å². The Kier molecular flexibility index (Phi) is 6.33. The van der Waals surface area contributed by atoms with Crippen molar-refractivity contribution in [2.75, 3.05) is 19.6 Å². The van der Waals surface area contributed by atoms with Crippen LogP contribution in [0.4, 0.5) is 5.69 Å². The van der Waals surface area contributed by atoms with Gasteiger partial charge in [-0.1, -0.05) is 13.0 Å². The first-order chi connectivity index (χ1) is 12.0. The summed E-state index contributed by atoms with van der Waals surface area (Å²) in [7, 11) is 1.89. The number of benzene rings is 1. The van der Waals surface area contributed by atoms with Crippen molar-refractivity contribution >= 4 is 24.0 Å². The number of piperazine rings is 1. The molecule has 0 radical (unpaired) electrons. The van der Waals surface area contributed by atoms with Crippen molar-refractivity contribution in [2.45, 2.75) is 19.4 Å². The average molecular weight is 380 g/mol. The third-order valence-electron chi connectivity index (χ3n) is 4.57. The number of nitrogens with one attached hydrogen (secondary N) is 1. The van der Waals surface area contributed by atoms with Crippen LogP contribution in [0, 0.1) is 10.1 Å². The molecule has 0 aliphatic carbocycles. The Labute approximate surface area is 157 Å². The number of amides is 1. The van der Waals surface area contributed by atoms with Gasteiger partial charge >= 0.3 is 0 Å². The van der Waals surface area contributed by atoms with Crippen molar-refractivity contribution in [3.63, 3.8) is 0 Å². The highest BCUT2D eigenvalue weighted by Gasteiger charge is 2.31. The molecule has 2 heterocycles. The number of nitrogens with zero attached hydrogens (tertiary/aromatic N) is 4. The molecular formula is C17H22ClN5O3. The van der Waals surface area contributed by atoms with E-state index in [0.29, 0.717) is 37.2 Å². The van der Waals surface area contributed by atoms with Crippen LogP contribution in [0.2, 0.25) is 0 Å². The Hall–Kier alpha value is -2.45. The van der Waals surface area contributed by atoms with Gasteiger partial charge < -0.3 is 14.8 Å². The van der Waals surface area contributed by atoms with Gasteiger partial charge in [0, 0.05) is 56.3 Å². The van der Waals surface area contributed by atoms with Gasteiger partial charge in [0.1, 0.15) is 11.9 Å². The molecule has 1 aliphatic rings. The summed E-state index contributed by atoms with van der Waals surface area (Å²) in [6, 6.07) is 4.53. The van der Waals surface area contributed by atoms with Crippen LogP contribution in [0.5, 0.6) is 0 Å². The maximum absolute atomic E-state index is 13.0. The normalized spacial score (nSPS) is 16.8. The summed E-state index contributed by atoms with van der Waals surface area (Å²) in [5.41, 5.74) is 0.963. The standard InChI is InChI=1S/C17H21N5O3.ClH/c1-3-12-4-5-13(10-14(12)22(24)25)17(23)21-9-6-18-11-15(21)16-19-7-8-20(16)2;/h4-5,7-8,10,15,18H,3,6,9,11H2,1-2H3;1H. The summed E-state index contributed by atoms with van der Waals surface area (Å²) in [4.78, 5) is 30.0. The first kappa shape index (κ1) is 19.9. The van der Waals surface area contributed by atoms with E-state index in [2.05, 4.69) is 10.3 Å². The highest BCUT2D eigenvalue weighted by Crippen LogP contribution is 2.26. The fourth-order valence-corrected chi connectivity index (χ4v) is 3.21. The van der Waals surface area contributed by atoms with E-state index in [4.69, 9.17) is 0 Å². The molecule has 9 heteroatoms. The minimum Gasteiger partial charge on any atom is -0.336 e. The SMILES string of the molecule is CCc1ccc(C(=O)N2CCNCC2c2nccn2C)cc1[N+](=O)[O-].Cl. The van der Waals surface area contributed by atoms with Crippen LogP contribution in [0.1, 0.15) is 34.7 Å². The predicted octanol–water partition coefficient (Wildman–Crippen LogP) is 2.10. The van der Waals surface area contributed by atoms with Gasteiger partial charge in [0.15, 0.2) is 0 Å². The molecule has 8 nitrogen and oxygen atoms in total. The lowest BCUT2D eigenvalue weighted by Crippen LogP contribution is -2.49. The van der Waals surface area contributed by atoms with E-state index in [1.807, 2.05) is 24.7 Å². The van der Waals surface area contributed by atoms with Gasteiger partial charge in [0.25, 0.3) is 11.6 Å². The lowest BCUT2D eigenvalue weighted by molar-refractivity contribution is -0.385. The third-order valence-corrected chi connectivity index (χ3v) is 4.57. The maximum atomic E-state index is 13.0. The minimum absolute atomic E-state index is 0. The van der Waals surface area contributed by atoms with E-state index in [9.17, 15) is 14.9 Å². The topological polar surface area (TPSA) is 93.3 Å². The van der Waals surface area contributed by atoms with E-state index in [-0.39, 0.29) is 30.0 Å². The predicted molar refractivity (Wildman–Crippen MR) is 99.6 cm³/mol. The van der Waals surface area contributed by atoms with Gasteiger partial charge in [0.05, 0.1) is 4.92 Å². The first-order valence-corrected chi connectivity index (χ1v) is 8.29. The van der Waals surface area contributed by atoms with Crippen molar-refractivity contribution in [2.24, 2.45) is 7.05 Å². The number of aryl methyl sites for hydroxylation is 2. The molecule has 1 aliphatic heterocycles. The number of halogens is 1. The minimum atomic E-state index is -0.427. The second-order valence-corrected chi connectivity index (χ2v) is 6.07. The van der Waals surface area contributed by atoms with Crippen molar-refractivity contribution in [3.8, 4) is 0 Å². The van der Waals surface area contributed by atoms with Gasteiger partial charge in [-0.15, -0.1) is 12.4 Å². The summed E-state index contributed by atoms with van der Waals surface area (Å²) in [6.45, 7) is 3.67. The Bertz CT molecular complexity index is 807. The molecule has 1 amide bonds. The lowest BCUT2D eigenvalue weighted by atomic mass is 10.0. The van der Waals surface area contributed by atoms with Gasteiger partial charge in [-0.05, 0) is 12.5 Å². The smallest absolute Gasteiger partial charge is 0.273 e. The number of carbonyl (C=O) groups is 1. The highest BCUT2D eigenvalue weighted by atomic mass is 35.5. The molecule has 1 N–H and O–H groups in total. The molecule has 1 fully saturated rings. The van der Waals surface area contributed by atoms with E-state index in [1.54, 1.807) is 23.2 Å². The van der Waals surface area contributed by atoms with Crippen molar-refractivity contribution in [1.29, 1.82) is 0 Å². The molecule has 26 heavy (non-hydrogen) atoms. The second-order valence-electron chi connectivity index (χ2n) is 6.07. The van der Waals surface area contributed by atoms with Crippen molar-refractivity contribution in [1.82, 2.24) is 19.8 Å². The van der Waals surface area contributed by atoms with E-state index in [1.165, 1.54) is 6.07 Å². The molecule has 1 unspecified atom stereocenters. The Balaban J connectivity index is 0.00000243. The molecule has 1 saturated heterocycles. The van der Waals surface area contributed by atoms with Crippen LogP contribution in [0.25, 0.3) is 0 Å². The number of aromatic nitrogens is 2. The molecule has 140 valence electrons. The number of carbonyl (C=O) groups excluding carboxylic acids is 1. The molecule has 0 bridgehead atoms. The molecule has 2 aromatic rings. The van der Waals surface area contributed by atoms with Gasteiger partial charge in [-0.3, -0.25) is 14.9 Å². The molecule has 3 rings (SSSR count). The maximum Gasteiger partial charge on any atom is 0.273 e. The molecule has 1 atom stereocenters. The largest absolute Gasteiger partial charge is 0.336 e. The van der Waals surface area contributed by atoms with Crippen LogP contribution < -0.4 is 5.32 Å². The van der Waals surface area contributed by atoms with Crippen molar-refractivity contribution < 1.29 is 9.72 Å². The van der Waals surface area contributed by atoms with Gasteiger partial charge in [-0.2, -0.15) is 0 Å². The number of imidazole rings is 1. The Morgan fingerprint density at radius 3 is 2.85 bits per heavy atom. The van der Waals surface area contributed by atoms with E-state index >= 15 is 0 Å². The average Bonchev–Trinajstić information content (AvgIpc) is 3.06. The van der Waals surface area contributed by atoms with Crippen LogP contribution in [-0.4, -0.2) is 44.9 Å². The van der Waals surface area contributed by atoms with E-state index < -0.39 is 4.92 Å². The highest BCUT2D eigenvalue weighted by molar-refractivity contribution is 5.95. The summed E-state index contributed by atoms with van der Waals surface area (Å²) < 4.78 is 1.89. The number of hydrogen-bond donors (Lipinski definition) is 1. The number of nitro groups is 1. The Morgan fingerprint density at radius 1 is 1.46 bits per heavy atom. The molecule has 0 saturated carbocycles. The molecule has 0 spiro atoms. The Morgan fingerprint density at radius 2 is 2.23 bits per heavy atom. The van der Waals surface area contributed by atoms with Gasteiger partial charge in [0.2, 0.25) is 0 Å².